The van der Waals surface area contributed by atoms with Crippen LogP contribution in [0.4, 0.5) is 5.69 Å². The highest BCUT2D eigenvalue weighted by molar-refractivity contribution is 6.31. The van der Waals surface area contributed by atoms with Gasteiger partial charge in [0.2, 0.25) is 6.23 Å². The van der Waals surface area contributed by atoms with Crippen molar-refractivity contribution in [1.29, 1.82) is 0 Å². The SMILES string of the molecule is Cc1ccc(C2ON=C(c3ccc(Cl)cc3)N2c2ccc(Cl)cc2)cc1. The van der Waals surface area contributed by atoms with E-state index in [0.29, 0.717) is 10.0 Å². The monoisotopic (exact) mass is 382 g/mol. The largest absolute Gasteiger partial charge is 0.363 e. The minimum atomic E-state index is -0.345. The second-order valence-corrected chi connectivity index (χ2v) is 7.01. The number of hydrogen-bond acceptors (Lipinski definition) is 3. The van der Waals surface area contributed by atoms with Gasteiger partial charge in [0.25, 0.3) is 0 Å². The number of hydrogen-bond donors (Lipinski definition) is 0. The van der Waals surface area contributed by atoms with Gasteiger partial charge in [-0.1, -0.05) is 58.2 Å². The minimum Gasteiger partial charge on any atom is -0.363 e. The maximum absolute atomic E-state index is 6.07. The summed E-state index contributed by atoms with van der Waals surface area (Å²) in [4.78, 5) is 7.88. The lowest BCUT2D eigenvalue weighted by Gasteiger charge is -2.26. The van der Waals surface area contributed by atoms with Gasteiger partial charge in [0, 0.05) is 26.9 Å². The molecule has 1 atom stereocenters. The standard InChI is InChI=1S/C21H16Cl2N2O/c1-14-2-4-16(5-3-14)21-25(19-12-10-18(23)11-13-19)20(24-26-21)15-6-8-17(22)9-7-15/h2-13,21H,1H3. The third-order valence-corrected chi connectivity index (χ3v) is 4.78. The Morgan fingerprint density at radius 2 is 1.38 bits per heavy atom. The molecule has 0 saturated carbocycles. The lowest BCUT2D eigenvalue weighted by Crippen LogP contribution is -2.31. The van der Waals surface area contributed by atoms with E-state index >= 15 is 0 Å². The molecule has 0 spiro atoms. The minimum absolute atomic E-state index is 0.345. The van der Waals surface area contributed by atoms with Crippen LogP contribution in [0.2, 0.25) is 10.0 Å². The Bertz CT molecular complexity index is 935. The van der Waals surface area contributed by atoms with Crippen LogP contribution in [0.1, 0.15) is 22.9 Å². The summed E-state index contributed by atoms with van der Waals surface area (Å²) in [5.74, 6) is 0.731. The Kier molecular flexibility index (Phi) is 4.58. The van der Waals surface area contributed by atoms with E-state index in [2.05, 4.69) is 41.2 Å². The quantitative estimate of drug-likeness (QED) is 0.538. The smallest absolute Gasteiger partial charge is 0.231 e. The van der Waals surface area contributed by atoms with E-state index in [1.807, 2.05) is 48.5 Å². The van der Waals surface area contributed by atoms with Crippen LogP contribution in [0.5, 0.6) is 0 Å². The highest BCUT2D eigenvalue weighted by atomic mass is 35.5. The van der Waals surface area contributed by atoms with Gasteiger partial charge in [-0.25, -0.2) is 0 Å². The molecule has 5 heteroatoms. The molecule has 1 heterocycles. The van der Waals surface area contributed by atoms with Gasteiger partial charge in [0.1, 0.15) is 0 Å². The van der Waals surface area contributed by atoms with E-state index in [1.54, 1.807) is 0 Å². The molecule has 1 aliphatic heterocycles. The second kappa shape index (κ2) is 7.02. The summed E-state index contributed by atoms with van der Waals surface area (Å²) in [6.07, 6.45) is -0.345. The molecule has 0 saturated heterocycles. The molecule has 0 radical (unpaired) electrons. The summed E-state index contributed by atoms with van der Waals surface area (Å²) in [5.41, 5.74) is 4.10. The molecule has 1 aliphatic rings. The van der Waals surface area contributed by atoms with Crippen LogP contribution >= 0.6 is 23.2 Å². The molecule has 3 aromatic carbocycles. The molecule has 0 fully saturated rings. The number of nitrogens with zero attached hydrogens (tertiary/aromatic N) is 2. The van der Waals surface area contributed by atoms with Gasteiger partial charge in [-0.2, -0.15) is 0 Å². The Morgan fingerprint density at radius 1 is 0.808 bits per heavy atom. The number of amidine groups is 1. The van der Waals surface area contributed by atoms with Gasteiger partial charge < -0.3 is 4.84 Å². The van der Waals surface area contributed by atoms with Crippen LogP contribution in [0, 0.1) is 6.92 Å². The zero-order valence-electron chi connectivity index (χ0n) is 14.1. The van der Waals surface area contributed by atoms with Gasteiger partial charge in [-0.15, -0.1) is 0 Å². The third-order valence-electron chi connectivity index (χ3n) is 4.27. The maximum atomic E-state index is 6.07. The van der Waals surface area contributed by atoms with Crippen LogP contribution in [0.15, 0.2) is 78.0 Å². The van der Waals surface area contributed by atoms with Crippen molar-refractivity contribution < 1.29 is 4.84 Å². The van der Waals surface area contributed by atoms with E-state index < -0.39 is 0 Å². The average Bonchev–Trinajstić information content (AvgIpc) is 3.08. The third kappa shape index (κ3) is 3.28. The lowest BCUT2D eigenvalue weighted by molar-refractivity contribution is 0.0868. The van der Waals surface area contributed by atoms with Gasteiger partial charge >= 0.3 is 0 Å². The lowest BCUT2D eigenvalue weighted by atomic mass is 10.1. The first-order chi connectivity index (χ1) is 12.6. The molecule has 0 amide bonds. The topological polar surface area (TPSA) is 24.8 Å². The van der Waals surface area contributed by atoms with Crippen molar-refractivity contribution in [3.8, 4) is 0 Å². The molecule has 130 valence electrons. The fourth-order valence-electron chi connectivity index (χ4n) is 2.89. The van der Waals surface area contributed by atoms with E-state index in [4.69, 9.17) is 28.0 Å². The molecule has 26 heavy (non-hydrogen) atoms. The molecule has 1 unspecified atom stereocenters. The molecule has 3 nitrogen and oxygen atoms in total. The zero-order chi connectivity index (χ0) is 18.1. The van der Waals surface area contributed by atoms with Crippen molar-refractivity contribution in [2.24, 2.45) is 5.16 Å². The molecule has 0 aromatic heterocycles. The van der Waals surface area contributed by atoms with Crippen molar-refractivity contribution in [1.82, 2.24) is 0 Å². The van der Waals surface area contributed by atoms with Crippen molar-refractivity contribution in [2.75, 3.05) is 4.90 Å². The van der Waals surface area contributed by atoms with Gasteiger partial charge in [-0.05, 0) is 55.5 Å². The van der Waals surface area contributed by atoms with Crippen molar-refractivity contribution in [3.63, 3.8) is 0 Å². The fraction of sp³-hybridized carbons (Fsp3) is 0.0952. The number of halogens is 2. The van der Waals surface area contributed by atoms with Gasteiger partial charge in [-0.3, -0.25) is 4.90 Å². The Balaban J connectivity index is 1.77. The highest BCUT2D eigenvalue weighted by Crippen LogP contribution is 2.35. The van der Waals surface area contributed by atoms with Crippen LogP contribution < -0.4 is 4.90 Å². The predicted molar refractivity (Wildman–Crippen MR) is 107 cm³/mol. The van der Waals surface area contributed by atoms with E-state index in [0.717, 1.165) is 22.6 Å². The second-order valence-electron chi connectivity index (χ2n) is 6.14. The highest BCUT2D eigenvalue weighted by Gasteiger charge is 2.33. The molecule has 3 aromatic rings. The average molecular weight is 383 g/mol. The van der Waals surface area contributed by atoms with Crippen molar-refractivity contribution >= 4 is 34.7 Å². The van der Waals surface area contributed by atoms with Crippen LogP contribution in [0.25, 0.3) is 0 Å². The summed E-state index contributed by atoms with van der Waals surface area (Å²) in [6.45, 7) is 2.06. The summed E-state index contributed by atoms with van der Waals surface area (Å²) >= 11 is 12.1. The molecule has 0 N–H and O–H groups in total. The predicted octanol–water partition coefficient (Wildman–Crippen LogP) is 6.20. The van der Waals surface area contributed by atoms with Crippen LogP contribution in [0.3, 0.4) is 0 Å². The molecular formula is C21H16Cl2N2O. The summed E-state index contributed by atoms with van der Waals surface area (Å²) < 4.78 is 0. The molecule has 0 aliphatic carbocycles. The first-order valence-electron chi connectivity index (χ1n) is 8.23. The Labute approximate surface area is 162 Å². The van der Waals surface area contributed by atoms with Crippen molar-refractivity contribution in [3.05, 3.63) is 99.5 Å². The van der Waals surface area contributed by atoms with E-state index in [1.165, 1.54) is 5.56 Å². The van der Waals surface area contributed by atoms with E-state index in [9.17, 15) is 0 Å². The van der Waals surface area contributed by atoms with Gasteiger partial charge in [0.15, 0.2) is 5.84 Å². The molecular weight excluding hydrogens is 367 g/mol. The zero-order valence-corrected chi connectivity index (χ0v) is 15.6. The van der Waals surface area contributed by atoms with Crippen LogP contribution in [-0.4, -0.2) is 5.84 Å². The Morgan fingerprint density at radius 3 is 2.00 bits per heavy atom. The summed E-state index contributed by atoms with van der Waals surface area (Å²) in [6, 6.07) is 23.5. The number of rotatable bonds is 3. The van der Waals surface area contributed by atoms with Crippen molar-refractivity contribution in [2.45, 2.75) is 13.2 Å². The van der Waals surface area contributed by atoms with E-state index in [-0.39, 0.29) is 6.23 Å². The number of benzene rings is 3. The first-order valence-corrected chi connectivity index (χ1v) is 8.98. The van der Waals surface area contributed by atoms with Crippen LogP contribution in [-0.2, 0) is 4.84 Å². The van der Waals surface area contributed by atoms with Gasteiger partial charge in [0.05, 0.1) is 0 Å². The summed E-state index contributed by atoms with van der Waals surface area (Å²) in [7, 11) is 0. The summed E-state index contributed by atoms with van der Waals surface area (Å²) in [5, 5.41) is 5.73. The normalized spacial score (nSPS) is 16.3. The maximum Gasteiger partial charge on any atom is 0.231 e. The fourth-order valence-corrected chi connectivity index (χ4v) is 3.15. The Hall–Kier alpha value is -2.49. The molecule has 0 bridgehead atoms. The number of aryl methyl sites for hydroxylation is 1. The number of oxime groups is 1. The number of anilines is 1. The first kappa shape index (κ1) is 17.0. The molecule has 4 rings (SSSR count).